The fourth-order valence-corrected chi connectivity index (χ4v) is 8.07. The highest BCUT2D eigenvalue weighted by atomic mass is 15.3. The Morgan fingerprint density at radius 1 is 0.333 bits per heavy atom. The molecule has 0 aromatic heterocycles. The van der Waals surface area contributed by atoms with Crippen molar-refractivity contribution < 1.29 is 4.48 Å². The monoisotopic (exact) mass is 699 g/mol. The molecule has 0 saturated heterocycles. The summed E-state index contributed by atoms with van der Waals surface area (Å²) in [6, 6.07) is 22.8. The lowest BCUT2D eigenvalue weighted by atomic mass is 10.0. The van der Waals surface area contributed by atoms with E-state index in [9.17, 15) is 0 Å². The molecular formula is C50H84N+. The van der Waals surface area contributed by atoms with Gasteiger partial charge in [0.2, 0.25) is 0 Å². The number of hydrogen-bond donors (Lipinski definition) is 0. The Bertz CT molecular complexity index is 952. The quantitative estimate of drug-likeness (QED) is 0.0377. The Morgan fingerprint density at radius 3 is 0.863 bits per heavy atom. The Labute approximate surface area is 319 Å². The number of benzene rings is 2. The number of unbranched alkanes of at least 4 members (excludes halogenated alkanes) is 26. The van der Waals surface area contributed by atoms with E-state index in [1.807, 2.05) is 0 Å². The van der Waals surface area contributed by atoms with Gasteiger partial charge in [0.05, 0.1) is 13.1 Å². The standard InChI is InChI=1S/C50H84N/c1-3-5-7-9-11-13-15-17-19-21-23-25-27-29-31-39-45-51(47-49-41-35-33-36-42-49,48-50-43-37-34-38-44-50)46-40-32-30-28-26-24-22-20-18-16-14-12-10-8-6-4-2/h3-6,33-38,41-44H,7-32,39-40,45-48H2,1-2H3/q+1/b5-3+,6-4+. The van der Waals surface area contributed by atoms with Gasteiger partial charge in [-0.3, -0.25) is 0 Å². The summed E-state index contributed by atoms with van der Waals surface area (Å²) in [6.45, 7) is 9.23. The smallest absolute Gasteiger partial charge is 0.105 e. The second kappa shape index (κ2) is 33.7. The molecule has 0 bridgehead atoms. The van der Waals surface area contributed by atoms with E-state index in [1.54, 1.807) is 0 Å². The molecule has 0 aliphatic heterocycles. The van der Waals surface area contributed by atoms with Crippen LogP contribution in [0, 0.1) is 0 Å². The molecule has 0 aliphatic carbocycles. The number of quaternary nitrogens is 1. The van der Waals surface area contributed by atoms with Gasteiger partial charge in [0.25, 0.3) is 0 Å². The molecule has 51 heavy (non-hydrogen) atoms. The predicted octanol–water partition coefficient (Wildman–Crippen LogP) is 16.3. The van der Waals surface area contributed by atoms with Crippen molar-refractivity contribution in [1.82, 2.24) is 0 Å². The molecule has 1 heteroatoms. The first-order chi connectivity index (χ1) is 25.3. The number of nitrogens with zero attached hydrogens (tertiary/aromatic N) is 1. The Hall–Kier alpha value is -2.12. The maximum atomic E-state index is 2.37. The highest BCUT2D eigenvalue weighted by Crippen LogP contribution is 2.24. The number of rotatable bonds is 36. The molecule has 0 unspecified atom stereocenters. The van der Waals surface area contributed by atoms with Crippen LogP contribution in [0.15, 0.2) is 85.0 Å². The van der Waals surface area contributed by atoms with E-state index >= 15 is 0 Å². The summed E-state index contributed by atoms with van der Waals surface area (Å²) in [5.74, 6) is 0. The van der Waals surface area contributed by atoms with Gasteiger partial charge in [-0.05, 0) is 65.2 Å². The third-order valence-corrected chi connectivity index (χ3v) is 11.2. The van der Waals surface area contributed by atoms with Crippen LogP contribution < -0.4 is 0 Å². The third-order valence-electron chi connectivity index (χ3n) is 11.2. The lowest BCUT2D eigenvalue weighted by Gasteiger charge is -2.39. The molecule has 2 aromatic rings. The van der Waals surface area contributed by atoms with E-state index in [1.165, 1.54) is 222 Å². The predicted molar refractivity (Wildman–Crippen MR) is 229 cm³/mol. The third kappa shape index (κ3) is 26.3. The molecule has 2 rings (SSSR count). The molecule has 0 atom stereocenters. The fourth-order valence-electron chi connectivity index (χ4n) is 8.07. The van der Waals surface area contributed by atoms with Crippen LogP contribution in [0.3, 0.4) is 0 Å². The molecule has 288 valence electrons. The Kier molecular flexibility index (Phi) is 29.8. The zero-order valence-corrected chi connectivity index (χ0v) is 34.2. The summed E-state index contributed by atoms with van der Waals surface area (Å²) in [4.78, 5) is 0. The van der Waals surface area contributed by atoms with Crippen LogP contribution in [0.1, 0.15) is 205 Å². The van der Waals surface area contributed by atoms with Crippen LogP contribution in [0.25, 0.3) is 0 Å². The van der Waals surface area contributed by atoms with Gasteiger partial charge in [-0.25, -0.2) is 0 Å². The average Bonchev–Trinajstić information content (AvgIpc) is 3.15. The second-order valence-corrected chi connectivity index (χ2v) is 16.0. The van der Waals surface area contributed by atoms with Crippen molar-refractivity contribution >= 4 is 0 Å². The second-order valence-electron chi connectivity index (χ2n) is 16.0. The largest absolute Gasteiger partial charge is 0.316 e. The van der Waals surface area contributed by atoms with E-state index < -0.39 is 0 Å². The van der Waals surface area contributed by atoms with Crippen LogP contribution in [-0.2, 0) is 13.1 Å². The Morgan fingerprint density at radius 2 is 0.588 bits per heavy atom. The molecule has 1 nitrogen and oxygen atoms in total. The first-order valence-corrected chi connectivity index (χ1v) is 22.4. The van der Waals surface area contributed by atoms with Gasteiger partial charge in [-0.15, -0.1) is 0 Å². The summed E-state index contributed by atoms with van der Waals surface area (Å²) < 4.78 is 1.22. The first kappa shape index (κ1) is 45.0. The fraction of sp³-hybridized carbons (Fsp3) is 0.680. The van der Waals surface area contributed by atoms with E-state index in [2.05, 4.69) is 98.8 Å². The zero-order chi connectivity index (χ0) is 36.2. The van der Waals surface area contributed by atoms with Gasteiger partial charge in [0.1, 0.15) is 13.1 Å². The minimum atomic E-state index is 1.17. The van der Waals surface area contributed by atoms with E-state index in [0.717, 1.165) is 0 Å². The molecule has 0 N–H and O–H groups in total. The Balaban J connectivity index is 1.69. The number of hydrogen-bond acceptors (Lipinski definition) is 0. The van der Waals surface area contributed by atoms with Crippen LogP contribution in [0.5, 0.6) is 0 Å². The molecule has 0 spiro atoms. The van der Waals surface area contributed by atoms with E-state index in [0.29, 0.717) is 0 Å². The molecular weight excluding hydrogens is 615 g/mol. The van der Waals surface area contributed by atoms with Gasteiger partial charge in [0, 0.05) is 11.1 Å². The van der Waals surface area contributed by atoms with Crippen LogP contribution >= 0.6 is 0 Å². The van der Waals surface area contributed by atoms with Gasteiger partial charge < -0.3 is 4.48 Å². The van der Waals surface area contributed by atoms with Crippen molar-refractivity contribution in [3.8, 4) is 0 Å². The molecule has 0 fully saturated rings. The molecule has 0 saturated carbocycles. The van der Waals surface area contributed by atoms with Gasteiger partial charge in [-0.2, -0.15) is 0 Å². The van der Waals surface area contributed by atoms with Crippen LogP contribution in [0.2, 0.25) is 0 Å². The summed E-state index contributed by atoms with van der Waals surface area (Å²) in [7, 11) is 0. The summed E-state index contributed by atoms with van der Waals surface area (Å²) in [6.07, 6.45) is 48.6. The summed E-state index contributed by atoms with van der Waals surface area (Å²) in [5, 5.41) is 0. The van der Waals surface area contributed by atoms with Crippen LogP contribution in [-0.4, -0.2) is 17.6 Å². The van der Waals surface area contributed by atoms with Crippen molar-refractivity contribution in [2.24, 2.45) is 0 Å². The molecule has 0 amide bonds. The highest BCUT2D eigenvalue weighted by Gasteiger charge is 2.27. The lowest BCUT2D eigenvalue weighted by molar-refractivity contribution is -0.954. The van der Waals surface area contributed by atoms with Crippen LogP contribution in [0.4, 0.5) is 0 Å². The molecule has 2 aromatic carbocycles. The van der Waals surface area contributed by atoms with E-state index in [-0.39, 0.29) is 0 Å². The minimum absolute atomic E-state index is 1.17. The van der Waals surface area contributed by atoms with Crippen molar-refractivity contribution in [3.63, 3.8) is 0 Å². The summed E-state index contributed by atoms with van der Waals surface area (Å²) >= 11 is 0. The van der Waals surface area contributed by atoms with Gasteiger partial charge in [0.15, 0.2) is 0 Å². The van der Waals surface area contributed by atoms with Crippen molar-refractivity contribution in [3.05, 3.63) is 96.1 Å². The van der Waals surface area contributed by atoms with Crippen molar-refractivity contribution in [1.29, 1.82) is 0 Å². The van der Waals surface area contributed by atoms with E-state index in [4.69, 9.17) is 0 Å². The topological polar surface area (TPSA) is 0 Å². The zero-order valence-electron chi connectivity index (χ0n) is 34.2. The molecule has 0 radical (unpaired) electrons. The molecule has 0 aliphatic rings. The minimum Gasteiger partial charge on any atom is -0.316 e. The average molecular weight is 699 g/mol. The molecule has 0 heterocycles. The van der Waals surface area contributed by atoms with Crippen molar-refractivity contribution in [2.75, 3.05) is 13.1 Å². The maximum absolute atomic E-state index is 2.37. The van der Waals surface area contributed by atoms with Gasteiger partial charge in [-0.1, -0.05) is 213 Å². The first-order valence-electron chi connectivity index (χ1n) is 22.4. The number of allylic oxidation sites excluding steroid dienone is 4. The SMILES string of the molecule is C/C=C/CCCCCCCCCCCCCCC[N+](CCCCCCCCCCCCCCC/C=C/C)(Cc1ccccc1)Cc1ccccc1. The lowest BCUT2D eigenvalue weighted by Crippen LogP contribution is -2.48. The van der Waals surface area contributed by atoms with Crippen molar-refractivity contribution in [2.45, 2.75) is 207 Å². The highest BCUT2D eigenvalue weighted by molar-refractivity contribution is 5.15. The normalized spacial score (nSPS) is 12.1. The van der Waals surface area contributed by atoms with Gasteiger partial charge >= 0.3 is 0 Å². The maximum Gasteiger partial charge on any atom is 0.105 e. The summed E-state index contributed by atoms with van der Waals surface area (Å²) in [5.41, 5.74) is 3.02.